The third kappa shape index (κ3) is 3.21. The predicted octanol–water partition coefficient (Wildman–Crippen LogP) is 3.32. The minimum atomic E-state index is -0.539. The van der Waals surface area contributed by atoms with Crippen molar-refractivity contribution in [1.29, 1.82) is 0 Å². The summed E-state index contributed by atoms with van der Waals surface area (Å²) in [5, 5.41) is 25.3. The normalized spacial score (nSPS) is 38.1. The largest absolute Gasteiger partial charge is 0.396 e. The third-order valence-electron chi connectivity index (χ3n) is 8.11. The molecule has 0 saturated heterocycles. The van der Waals surface area contributed by atoms with E-state index in [0.717, 1.165) is 36.4 Å². The Hall–Kier alpha value is -0.980. The summed E-state index contributed by atoms with van der Waals surface area (Å²) in [6.45, 7) is 6.30. The van der Waals surface area contributed by atoms with Crippen LogP contribution in [0.15, 0.2) is 0 Å². The van der Waals surface area contributed by atoms with Crippen LogP contribution >= 0.6 is 11.3 Å². The standard InChI is InChI=1S/C22H34N2O3S/c1-13-23-20-15(10-19(27)24-14-6-4-5-7-14)21(2)9-8-18(26)22(3,12-25)17(21)11-16(20)28-13/h14-15,17-18,25-26H,4-12H2,1-3H3,(H,24,27). The molecule has 156 valence electrons. The lowest BCUT2D eigenvalue weighted by atomic mass is 9.47. The highest BCUT2D eigenvalue weighted by Crippen LogP contribution is 2.62. The van der Waals surface area contributed by atoms with Gasteiger partial charge in [0.05, 0.1) is 23.4 Å². The van der Waals surface area contributed by atoms with Gasteiger partial charge in [0.15, 0.2) is 0 Å². The van der Waals surface area contributed by atoms with Gasteiger partial charge in [-0.05, 0) is 50.4 Å². The maximum atomic E-state index is 13.0. The Labute approximate surface area is 172 Å². The van der Waals surface area contributed by atoms with Crippen LogP contribution in [0.3, 0.4) is 0 Å². The number of carbonyl (C=O) groups excluding carboxylic acids is 1. The van der Waals surface area contributed by atoms with Gasteiger partial charge < -0.3 is 15.5 Å². The average molecular weight is 407 g/mol. The number of amides is 1. The van der Waals surface area contributed by atoms with Crippen molar-refractivity contribution in [2.45, 2.75) is 90.2 Å². The van der Waals surface area contributed by atoms with Crippen LogP contribution in [0.4, 0.5) is 0 Å². The zero-order valence-corrected chi connectivity index (χ0v) is 18.1. The average Bonchev–Trinajstić information content (AvgIpc) is 3.29. The molecule has 5 nitrogen and oxygen atoms in total. The fraction of sp³-hybridized carbons (Fsp3) is 0.818. The molecule has 6 heteroatoms. The van der Waals surface area contributed by atoms with Crippen LogP contribution in [-0.4, -0.2) is 39.9 Å². The monoisotopic (exact) mass is 406 g/mol. The van der Waals surface area contributed by atoms with Gasteiger partial charge in [-0.15, -0.1) is 11.3 Å². The minimum Gasteiger partial charge on any atom is -0.396 e. The van der Waals surface area contributed by atoms with Crippen LogP contribution in [0.2, 0.25) is 0 Å². The zero-order valence-electron chi connectivity index (χ0n) is 17.3. The van der Waals surface area contributed by atoms with Gasteiger partial charge in [-0.3, -0.25) is 4.79 Å². The number of rotatable bonds is 4. The van der Waals surface area contributed by atoms with E-state index in [-0.39, 0.29) is 29.8 Å². The van der Waals surface area contributed by atoms with Crippen molar-refractivity contribution in [1.82, 2.24) is 10.3 Å². The highest BCUT2D eigenvalue weighted by Gasteiger charge is 2.59. The minimum absolute atomic E-state index is 0.0253. The van der Waals surface area contributed by atoms with Gasteiger partial charge in [0.2, 0.25) is 5.91 Å². The van der Waals surface area contributed by atoms with Crippen molar-refractivity contribution < 1.29 is 15.0 Å². The van der Waals surface area contributed by atoms with Gasteiger partial charge in [0.25, 0.3) is 0 Å². The van der Waals surface area contributed by atoms with E-state index in [1.54, 1.807) is 11.3 Å². The second-order valence-electron chi connectivity index (χ2n) is 9.83. The highest BCUT2D eigenvalue weighted by molar-refractivity contribution is 7.11. The van der Waals surface area contributed by atoms with Gasteiger partial charge in [-0.2, -0.15) is 0 Å². The summed E-state index contributed by atoms with van der Waals surface area (Å²) >= 11 is 1.71. The third-order valence-corrected chi connectivity index (χ3v) is 9.12. The second kappa shape index (κ2) is 7.37. The lowest BCUT2D eigenvalue weighted by Gasteiger charge is -2.58. The van der Waals surface area contributed by atoms with Crippen molar-refractivity contribution in [3.05, 3.63) is 15.6 Å². The van der Waals surface area contributed by atoms with E-state index >= 15 is 0 Å². The molecule has 0 spiro atoms. The molecule has 1 aromatic heterocycles. The topological polar surface area (TPSA) is 82.5 Å². The molecule has 1 heterocycles. The van der Waals surface area contributed by atoms with Crippen LogP contribution in [0.25, 0.3) is 0 Å². The number of aryl methyl sites for hydroxylation is 1. The van der Waals surface area contributed by atoms with Crippen LogP contribution in [0, 0.1) is 23.7 Å². The summed E-state index contributed by atoms with van der Waals surface area (Å²) in [5.41, 5.74) is 0.416. The molecule has 2 saturated carbocycles. The van der Waals surface area contributed by atoms with E-state index in [9.17, 15) is 15.0 Å². The zero-order chi connectivity index (χ0) is 20.1. The molecule has 1 aromatic rings. The highest BCUT2D eigenvalue weighted by atomic mass is 32.1. The quantitative estimate of drug-likeness (QED) is 0.716. The first kappa shape index (κ1) is 20.3. The maximum absolute atomic E-state index is 13.0. The fourth-order valence-corrected chi connectivity index (χ4v) is 7.35. The molecule has 5 atom stereocenters. The molecule has 0 radical (unpaired) electrons. The maximum Gasteiger partial charge on any atom is 0.220 e. The van der Waals surface area contributed by atoms with Crippen LogP contribution in [0.5, 0.6) is 0 Å². The molecule has 0 aromatic carbocycles. The summed E-state index contributed by atoms with van der Waals surface area (Å²) in [6.07, 6.45) is 6.92. The molecule has 5 unspecified atom stereocenters. The van der Waals surface area contributed by atoms with Gasteiger partial charge in [-0.1, -0.05) is 26.7 Å². The van der Waals surface area contributed by atoms with E-state index in [4.69, 9.17) is 4.98 Å². The Kier molecular flexibility index (Phi) is 5.34. The molecule has 4 rings (SSSR count). The van der Waals surface area contributed by atoms with E-state index in [2.05, 4.69) is 12.2 Å². The number of nitrogens with zero attached hydrogens (tertiary/aromatic N) is 1. The van der Waals surface area contributed by atoms with Crippen LogP contribution in [-0.2, 0) is 11.2 Å². The smallest absolute Gasteiger partial charge is 0.220 e. The number of aliphatic hydroxyl groups excluding tert-OH is 2. The van der Waals surface area contributed by atoms with Gasteiger partial charge in [0.1, 0.15) is 0 Å². The molecule has 0 aliphatic heterocycles. The summed E-state index contributed by atoms with van der Waals surface area (Å²) in [5.74, 6) is 0.323. The Morgan fingerprint density at radius 2 is 2.00 bits per heavy atom. The van der Waals surface area contributed by atoms with Gasteiger partial charge >= 0.3 is 0 Å². The number of hydrogen-bond donors (Lipinski definition) is 3. The lowest BCUT2D eigenvalue weighted by Crippen LogP contribution is -2.57. The first-order valence-electron chi connectivity index (χ1n) is 10.8. The number of fused-ring (bicyclic) bond motifs is 2. The Balaban J connectivity index is 1.67. The van der Waals surface area contributed by atoms with Gasteiger partial charge in [-0.25, -0.2) is 4.98 Å². The predicted molar refractivity (Wildman–Crippen MR) is 110 cm³/mol. The van der Waals surface area contributed by atoms with Gasteiger partial charge in [0, 0.05) is 28.7 Å². The molecule has 0 bridgehead atoms. The number of carbonyl (C=O) groups is 1. The lowest BCUT2D eigenvalue weighted by molar-refractivity contribution is -0.144. The molecule has 3 N–H and O–H groups in total. The van der Waals surface area contributed by atoms with Crippen LogP contribution in [0.1, 0.15) is 80.3 Å². The molecule has 28 heavy (non-hydrogen) atoms. The summed E-state index contributed by atoms with van der Waals surface area (Å²) in [7, 11) is 0. The van der Waals surface area contributed by atoms with Crippen molar-refractivity contribution >= 4 is 17.2 Å². The SMILES string of the molecule is Cc1nc2c(s1)CC1C(C)(CO)C(O)CCC1(C)C2CC(=O)NC1CCCC1. The summed E-state index contributed by atoms with van der Waals surface area (Å²) in [6, 6.07) is 0.326. The fourth-order valence-electron chi connectivity index (χ4n) is 6.31. The van der Waals surface area contributed by atoms with Crippen LogP contribution < -0.4 is 5.32 Å². The Bertz CT molecular complexity index is 744. The number of hydrogen-bond acceptors (Lipinski definition) is 5. The van der Waals surface area contributed by atoms with Crippen molar-refractivity contribution in [3.8, 4) is 0 Å². The molecular weight excluding hydrogens is 372 g/mol. The van der Waals surface area contributed by atoms with Crippen molar-refractivity contribution in [3.63, 3.8) is 0 Å². The van der Waals surface area contributed by atoms with E-state index in [1.807, 2.05) is 13.8 Å². The van der Waals surface area contributed by atoms with E-state index < -0.39 is 11.5 Å². The number of thiazole rings is 1. The van der Waals surface area contributed by atoms with E-state index in [1.165, 1.54) is 17.7 Å². The molecular formula is C22H34N2O3S. The first-order chi connectivity index (χ1) is 13.3. The van der Waals surface area contributed by atoms with E-state index in [0.29, 0.717) is 18.9 Å². The number of aliphatic hydroxyl groups is 2. The Morgan fingerprint density at radius 1 is 1.29 bits per heavy atom. The first-order valence-corrected chi connectivity index (χ1v) is 11.6. The Morgan fingerprint density at radius 3 is 2.68 bits per heavy atom. The number of nitrogens with one attached hydrogen (secondary N) is 1. The summed E-state index contributed by atoms with van der Waals surface area (Å²) in [4.78, 5) is 19.1. The van der Waals surface area contributed by atoms with Crippen molar-refractivity contribution in [2.24, 2.45) is 16.7 Å². The molecule has 3 aliphatic carbocycles. The summed E-state index contributed by atoms with van der Waals surface area (Å²) < 4.78 is 0. The molecule has 1 amide bonds. The van der Waals surface area contributed by atoms with Crippen molar-refractivity contribution in [2.75, 3.05) is 6.61 Å². The molecule has 3 aliphatic rings. The number of aromatic nitrogens is 1. The second-order valence-corrected chi connectivity index (χ2v) is 11.1. The molecule has 2 fully saturated rings.